The molecule has 1 aromatic heterocycles. The molecule has 0 aliphatic carbocycles. The highest BCUT2D eigenvalue weighted by molar-refractivity contribution is 7.11. The molecule has 1 saturated heterocycles. The number of hydrogen-bond donors (Lipinski definition) is 1. The van der Waals surface area contributed by atoms with Crippen molar-refractivity contribution in [1.82, 2.24) is 15.2 Å². The van der Waals surface area contributed by atoms with E-state index in [-0.39, 0.29) is 0 Å². The summed E-state index contributed by atoms with van der Waals surface area (Å²) in [5.41, 5.74) is 1.35. The molecule has 4 heteroatoms. The highest BCUT2D eigenvalue weighted by atomic mass is 32.1. The third-order valence-electron chi connectivity index (χ3n) is 3.47. The molecule has 1 aliphatic rings. The molecule has 0 spiro atoms. The van der Waals surface area contributed by atoms with Gasteiger partial charge in [-0.05, 0) is 18.3 Å². The molecule has 0 saturated carbocycles. The highest BCUT2D eigenvalue weighted by Gasteiger charge is 2.17. The van der Waals surface area contributed by atoms with Gasteiger partial charge in [0.05, 0.1) is 12.2 Å². The molecule has 1 N–H and O–H groups in total. The number of nitrogens with zero attached hydrogens (tertiary/aromatic N) is 2. The average molecular weight is 281 g/mol. The van der Waals surface area contributed by atoms with Gasteiger partial charge in [0.1, 0.15) is 5.01 Å². The molecule has 3 nitrogen and oxygen atoms in total. The van der Waals surface area contributed by atoms with Gasteiger partial charge in [-0.15, -0.1) is 11.3 Å². The van der Waals surface area contributed by atoms with Crippen LogP contribution in [0.3, 0.4) is 0 Å². The Balaban J connectivity index is 2.07. The lowest BCUT2D eigenvalue weighted by Crippen LogP contribution is -2.42. The zero-order chi connectivity index (χ0) is 13.8. The summed E-state index contributed by atoms with van der Waals surface area (Å²) in [7, 11) is 0. The van der Waals surface area contributed by atoms with Gasteiger partial charge in [-0.2, -0.15) is 0 Å². The third-order valence-corrected chi connectivity index (χ3v) is 4.85. The van der Waals surface area contributed by atoms with Gasteiger partial charge in [0.15, 0.2) is 0 Å². The Kier molecular flexibility index (Phi) is 5.37. The van der Waals surface area contributed by atoms with Gasteiger partial charge in [-0.25, -0.2) is 4.98 Å². The average Bonchev–Trinajstić information content (AvgIpc) is 2.72. The summed E-state index contributed by atoms with van der Waals surface area (Å²) in [5, 5.41) is 4.71. The maximum Gasteiger partial charge on any atom is 0.107 e. The Morgan fingerprint density at radius 2 is 1.89 bits per heavy atom. The van der Waals surface area contributed by atoms with Crippen LogP contribution in [0.1, 0.15) is 49.2 Å². The van der Waals surface area contributed by atoms with E-state index in [0.717, 1.165) is 39.1 Å². The highest BCUT2D eigenvalue weighted by Crippen LogP contribution is 2.29. The molecule has 0 amide bonds. The first-order valence-corrected chi connectivity index (χ1v) is 8.29. The Hall–Kier alpha value is -0.450. The molecule has 19 heavy (non-hydrogen) atoms. The summed E-state index contributed by atoms with van der Waals surface area (Å²) >= 11 is 1.93. The van der Waals surface area contributed by atoms with Crippen molar-refractivity contribution < 1.29 is 0 Å². The van der Waals surface area contributed by atoms with E-state index in [9.17, 15) is 0 Å². The van der Waals surface area contributed by atoms with Crippen molar-refractivity contribution >= 4 is 11.3 Å². The molecule has 1 aliphatic heterocycles. The number of hydrogen-bond acceptors (Lipinski definition) is 4. The predicted octanol–water partition coefficient (Wildman–Crippen LogP) is 2.87. The van der Waals surface area contributed by atoms with Crippen molar-refractivity contribution in [2.45, 2.75) is 46.6 Å². The largest absolute Gasteiger partial charge is 0.314 e. The quantitative estimate of drug-likeness (QED) is 0.899. The van der Waals surface area contributed by atoms with Gasteiger partial charge in [0.25, 0.3) is 0 Å². The van der Waals surface area contributed by atoms with Crippen LogP contribution >= 0.6 is 11.3 Å². The first-order chi connectivity index (χ1) is 9.06. The van der Waals surface area contributed by atoms with E-state index in [1.165, 1.54) is 15.6 Å². The number of rotatable bonds is 5. The van der Waals surface area contributed by atoms with Gasteiger partial charge in [0, 0.05) is 31.1 Å². The third kappa shape index (κ3) is 4.26. The SMILES string of the molecule is CC(C)Cc1nc(CN2CCNCC2)sc1C(C)C. The van der Waals surface area contributed by atoms with E-state index < -0.39 is 0 Å². The second-order valence-corrected chi connectivity index (χ2v) is 7.31. The van der Waals surface area contributed by atoms with Crippen LogP contribution < -0.4 is 5.32 Å². The van der Waals surface area contributed by atoms with E-state index in [2.05, 4.69) is 37.9 Å². The zero-order valence-electron chi connectivity index (χ0n) is 12.7. The van der Waals surface area contributed by atoms with Crippen molar-refractivity contribution in [2.75, 3.05) is 26.2 Å². The topological polar surface area (TPSA) is 28.2 Å². The van der Waals surface area contributed by atoms with Crippen molar-refractivity contribution in [3.05, 3.63) is 15.6 Å². The predicted molar refractivity (Wildman–Crippen MR) is 82.9 cm³/mol. The van der Waals surface area contributed by atoms with Crippen molar-refractivity contribution in [2.24, 2.45) is 5.92 Å². The summed E-state index contributed by atoms with van der Waals surface area (Å²) in [6, 6.07) is 0. The van der Waals surface area contributed by atoms with Crippen LogP contribution in [-0.4, -0.2) is 36.1 Å². The van der Waals surface area contributed by atoms with Gasteiger partial charge in [-0.1, -0.05) is 27.7 Å². The molecule has 1 fully saturated rings. The lowest BCUT2D eigenvalue weighted by atomic mass is 10.0. The van der Waals surface area contributed by atoms with Crippen LogP contribution in [0.25, 0.3) is 0 Å². The van der Waals surface area contributed by atoms with Crippen LogP contribution in [0.15, 0.2) is 0 Å². The monoisotopic (exact) mass is 281 g/mol. The molecule has 0 atom stereocenters. The summed E-state index contributed by atoms with van der Waals surface area (Å²) in [6.45, 7) is 14.7. The van der Waals surface area contributed by atoms with Gasteiger partial charge < -0.3 is 5.32 Å². The first kappa shape index (κ1) is 14.9. The van der Waals surface area contributed by atoms with Crippen LogP contribution in [0.4, 0.5) is 0 Å². The standard InChI is InChI=1S/C15H27N3S/c1-11(2)9-13-15(12(3)4)19-14(17-13)10-18-7-5-16-6-8-18/h11-12,16H,5-10H2,1-4H3. The smallest absolute Gasteiger partial charge is 0.107 e. The minimum Gasteiger partial charge on any atom is -0.314 e. The Morgan fingerprint density at radius 1 is 1.21 bits per heavy atom. The first-order valence-electron chi connectivity index (χ1n) is 7.47. The van der Waals surface area contributed by atoms with Gasteiger partial charge in [0.2, 0.25) is 0 Å². The van der Waals surface area contributed by atoms with Crippen LogP contribution in [0.5, 0.6) is 0 Å². The van der Waals surface area contributed by atoms with Crippen molar-refractivity contribution in [3.63, 3.8) is 0 Å². The molecule has 0 unspecified atom stereocenters. The fraction of sp³-hybridized carbons (Fsp3) is 0.800. The van der Waals surface area contributed by atoms with Crippen LogP contribution in [0, 0.1) is 5.92 Å². The normalized spacial score (nSPS) is 17.6. The molecule has 108 valence electrons. The molecule has 2 heterocycles. The molecule has 0 bridgehead atoms. The number of thiazole rings is 1. The van der Waals surface area contributed by atoms with Gasteiger partial charge in [-0.3, -0.25) is 4.90 Å². The molecule has 0 radical (unpaired) electrons. The second kappa shape index (κ2) is 6.82. The maximum absolute atomic E-state index is 4.92. The van der Waals surface area contributed by atoms with E-state index >= 15 is 0 Å². The maximum atomic E-state index is 4.92. The molecule has 1 aromatic rings. The van der Waals surface area contributed by atoms with E-state index in [1.807, 2.05) is 11.3 Å². The van der Waals surface area contributed by atoms with E-state index in [0.29, 0.717) is 11.8 Å². The zero-order valence-corrected chi connectivity index (χ0v) is 13.5. The second-order valence-electron chi connectivity index (χ2n) is 6.20. The van der Waals surface area contributed by atoms with Crippen molar-refractivity contribution in [1.29, 1.82) is 0 Å². The minimum absolute atomic E-state index is 0.600. The summed E-state index contributed by atoms with van der Waals surface area (Å²) in [5.74, 6) is 1.29. The molecular weight excluding hydrogens is 254 g/mol. The van der Waals surface area contributed by atoms with Crippen LogP contribution in [0.2, 0.25) is 0 Å². The Morgan fingerprint density at radius 3 is 2.47 bits per heavy atom. The number of nitrogens with one attached hydrogen (secondary N) is 1. The van der Waals surface area contributed by atoms with Crippen molar-refractivity contribution in [3.8, 4) is 0 Å². The minimum atomic E-state index is 0.600. The Labute approximate surface area is 121 Å². The fourth-order valence-corrected chi connectivity index (χ4v) is 3.67. The fourth-order valence-electron chi connectivity index (χ4n) is 2.53. The van der Waals surface area contributed by atoms with E-state index in [4.69, 9.17) is 4.98 Å². The van der Waals surface area contributed by atoms with Gasteiger partial charge >= 0.3 is 0 Å². The summed E-state index contributed by atoms with van der Waals surface area (Å²) in [4.78, 5) is 8.93. The lowest BCUT2D eigenvalue weighted by Gasteiger charge is -2.26. The Bertz CT molecular complexity index is 392. The summed E-state index contributed by atoms with van der Waals surface area (Å²) in [6.07, 6.45) is 1.12. The number of aromatic nitrogens is 1. The van der Waals surface area contributed by atoms with Crippen LogP contribution in [-0.2, 0) is 13.0 Å². The molecule has 2 rings (SSSR count). The van der Waals surface area contributed by atoms with E-state index in [1.54, 1.807) is 0 Å². The molecule has 0 aromatic carbocycles. The number of piperazine rings is 1. The lowest BCUT2D eigenvalue weighted by molar-refractivity contribution is 0.233. The summed E-state index contributed by atoms with van der Waals surface area (Å²) < 4.78 is 0. The molecular formula is C15H27N3S.